The van der Waals surface area contributed by atoms with E-state index in [9.17, 15) is 24.6 Å². The summed E-state index contributed by atoms with van der Waals surface area (Å²) >= 11 is 3.31. The molecule has 3 N–H and O–H groups in total. The van der Waals surface area contributed by atoms with Gasteiger partial charge in [0.25, 0.3) is 0 Å². The molecule has 0 spiro atoms. The van der Waals surface area contributed by atoms with Crippen LogP contribution in [-0.2, 0) is 14.4 Å². The summed E-state index contributed by atoms with van der Waals surface area (Å²) in [4.78, 5) is 38.9. The van der Waals surface area contributed by atoms with Crippen molar-refractivity contribution in [1.29, 1.82) is 0 Å². The zero-order chi connectivity index (χ0) is 19.3. The van der Waals surface area contributed by atoms with Crippen LogP contribution in [0.15, 0.2) is 53.0 Å². The fraction of sp³-hybridized carbons (Fsp3) is 0.211. The zero-order valence-electron chi connectivity index (χ0n) is 13.9. The van der Waals surface area contributed by atoms with E-state index in [2.05, 4.69) is 21.2 Å². The summed E-state index contributed by atoms with van der Waals surface area (Å²) in [5.41, 5.74) is 0.780. The van der Waals surface area contributed by atoms with Gasteiger partial charge in [-0.3, -0.25) is 19.7 Å². The predicted octanol–water partition coefficient (Wildman–Crippen LogP) is 2.06. The Labute approximate surface area is 162 Å². The highest BCUT2D eigenvalue weighted by molar-refractivity contribution is 9.10. The number of nitrogens with one attached hydrogen (secondary N) is 1. The number of benzene rings is 2. The predicted molar refractivity (Wildman–Crippen MR) is 99.0 cm³/mol. The third kappa shape index (κ3) is 2.72. The molecule has 2 saturated heterocycles. The molecule has 2 aliphatic rings. The minimum absolute atomic E-state index is 0.0547. The molecule has 0 aliphatic carbocycles. The molecule has 2 aliphatic heterocycles. The second-order valence-corrected chi connectivity index (χ2v) is 7.48. The number of rotatable bonds is 3. The minimum atomic E-state index is -1.21. The van der Waals surface area contributed by atoms with Crippen LogP contribution < -0.4 is 10.2 Å². The molecule has 4 rings (SSSR count). The lowest BCUT2D eigenvalue weighted by Gasteiger charge is -2.22. The van der Waals surface area contributed by atoms with E-state index < -0.39 is 41.7 Å². The molecule has 2 amide bonds. The number of carbonyl (C=O) groups excluding carboxylic acids is 2. The van der Waals surface area contributed by atoms with Crippen LogP contribution in [0.2, 0.25) is 0 Å². The quantitative estimate of drug-likeness (QED) is 0.643. The summed E-state index contributed by atoms with van der Waals surface area (Å²) < 4.78 is 0.697. The molecule has 2 fully saturated rings. The third-order valence-corrected chi connectivity index (χ3v) is 5.57. The van der Waals surface area contributed by atoms with Gasteiger partial charge in [0.05, 0.1) is 17.5 Å². The van der Waals surface area contributed by atoms with Crippen LogP contribution in [0.5, 0.6) is 5.75 Å². The number of halogens is 1. The highest BCUT2D eigenvalue weighted by atomic mass is 79.9. The average Bonchev–Trinajstić information content (AvgIpc) is 3.13. The third-order valence-electron chi connectivity index (χ3n) is 5.08. The van der Waals surface area contributed by atoms with E-state index in [1.807, 2.05) is 0 Å². The molecule has 2 aromatic rings. The smallest absolute Gasteiger partial charge is 0.321 e. The molecule has 4 atom stereocenters. The van der Waals surface area contributed by atoms with Gasteiger partial charge >= 0.3 is 5.97 Å². The first-order valence-electron chi connectivity index (χ1n) is 8.30. The summed E-state index contributed by atoms with van der Waals surface area (Å²) in [6, 6.07) is 11.1. The maximum Gasteiger partial charge on any atom is 0.321 e. The van der Waals surface area contributed by atoms with Crippen molar-refractivity contribution in [2.75, 3.05) is 4.90 Å². The summed E-state index contributed by atoms with van der Waals surface area (Å²) in [5.74, 6) is -4.25. The number of hydrogen-bond donors (Lipinski definition) is 3. The topological polar surface area (TPSA) is 107 Å². The number of nitrogens with zero attached hydrogens (tertiary/aromatic N) is 1. The first kappa shape index (κ1) is 17.7. The number of phenols is 1. The second-order valence-electron chi connectivity index (χ2n) is 6.56. The SMILES string of the molecule is O=C(O)[C@@H]1N[C@@H](c2ccccc2O)[C@@H]2C(=O)N(c3cccc(Br)c3)C(=O)[C@@H]21. The van der Waals surface area contributed by atoms with E-state index >= 15 is 0 Å². The number of aromatic hydroxyl groups is 1. The molecule has 2 aromatic carbocycles. The fourth-order valence-electron chi connectivity index (χ4n) is 3.94. The van der Waals surface area contributed by atoms with Crippen LogP contribution >= 0.6 is 15.9 Å². The number of aliphatic carboxylic acids is 1. The van der Waals surface area contributed by atoms with Crippen molar-refractivity contribution in [1.82, 2.24) is 5.32 Å². The number of amides is 2. The van der Waals surface area contributed by atoms with Gasteiger partial charge in [-0.25, -0.2) is 4.90 Å². The van der Waals surface area contributed by atoms with Crippen LogP contribution in [0.4, 0.5) is 5.69 Å². The van der Waals surface area contributed by atoms with Gasteiger partial charge in [0.15, 0.2) is 0 Å². The van der Waals surface area contributed by atoms with Crippen molar-refractivity contribution < 1.29 is 24.6 Å². The number of fused-ring (bicyclic) bond motifs is 1. The van der Waals surface area contributed by atoms with Crippen LogP contribution in [0.1, 0.15) is 11.6 Å². The van der Waals surface area contributed by atoms with Crippen LogP contribution in [-0.4, -0.2) is 34.0 Å². The van der Waals surface area contributed by atoms with E-state index in [1.54, 1.807) is 42.5 Å². The molecule has 0 bridgehead atoms. The van der Waals surface area contributed by atoms with E-state index in [4.69, 9.17) is 0 Å². The zero-order valence-corrected chi connectivity index (χ0v) is 15.5. The highest BCUT2D eigenvalue weighted by Crippen LogP contribution is 2.47. The largest absolute Gasteiger partial charge is 0.508 e. The van der Waals surface area contributed by atoms with E-state index in [0.717, 1.165) is 4.90 Å². The molecule has 0 aromatic heterocycles. The first-order valence-corrected chi connectivity index (χ1v) is 9.09. The lowest BCUT2D eigenvalue weighted by atomic mass is 9.86. The Bertz CT molecular complexity index is 963. The van der Waals surface area contributed by atoms with E-state index in [-0.39, 0.29) is 5.75 Å². The summed E-state index contributed by atoms with van der Waals surface area (Å²) in [6.45, 7) is 0. The molecular weight excluding hydrogens is 416 g/mol. The van der Waals surface area contributed by atoms with Crippen molar-refractivity contribution >= 4 is 39.4 Å². The van der Waals surface area contributed by atoms with Crippen LogP contribution in [0.3, 0.4) is 0 Å². The Morgan fingerprint density at radius 1 is 1.04 bits per heavy atom. The van der Waals surface area contributed by atoms with Crippen molar-refractivity contribution in [3.63, 3.8) is 0 Å². The molecule has 8 heteroatoms. The van der Waals surface area contributed by atoms with Gasteiger partial charge in [-0.15, -0.1) is 0 Å². The van der Waals surface area contributed by atoms with Gasteiger partial charge in [-0.05, 0) is 24.3 Å². The fourth-order valence-corrected chi connectivity index (χ4v) is 4.33. The van der Waals surface area contributed by atoms with Gasteiger partial charge in [0.2, 0.25) is 11.8 Å². The molecule has 138 valence electrons. The highest BCUT2D eigenvalue weighted by Gasteiger charge is 2.61. The number of phenolic OH excluding ortho intramolecular Hbond substituents is 1. The molecule has 27 heavy (non-hydrogen) atoms. The Morgan fingerprint density at radius 3 is 2.41 bits per heavy atom. The molecular formula is C19H15BrN2O5. The van der Waals surface area contributed by atoms with Gasteiger partial charge < -0.3 is 10.2 Å². The number of imide groups is 1. The Kier molecular flexibility index (Phi) is 4.24. The van der Waals surface area contributed by atoms with E-state index in [1.165, 1.54) is 6.07 Å². The molecule has 7 nitrogen and oxygen atoms in total. The van der Waals surface area contributed by atoms with Gasteiger partial charge in [-0.1, -0.05) is 40.2 Å². The van der Waals surface area contributed by atoms with Crippen LogP contribution in [0.25, 0.3) is 0 Å². The van der Waals surface area contributed by atoms with Gasteiger partial charge in [0.1, 0.15) is 11.8 Å². The van der Waals surface area contributed by atoms with Crippen molar-refractivity contribution in [2.24, 2.45) is 11.8 Å². The maximum absolute atomic E-state index is 13.1. The summed E-state index contributed by atoms with van der Waals surface area (Å²) in [5, 5.41) is 22.6. The lowest BCUT2D eigenvalue weighted by molar-refractivity contribution is -0.142. The number of carbonyl (C=O) groups is 3. The maximum atomic E-state index is 13.1. The number of anilines is 1. The lowest BCUT2D eigenvalue weighted by Crippen LogP contribution is -2.43. The Morgan fingerprint density at radius 2 is 1.74 bits per heavy atom. The normalized spacial score (nSPS) is 27.1. The Hall–Kier alpha value is -2.71. The summed E-state index contributed by atoms with van der Waals surface area (Å²) in [6.07, 6.45) is 0. The van der Waals surface area contributed by atoms with Gasteiger partial charge in [-0.2, -0.15) is 0 Å². The average molecular weight is 431 g/mol. The monoisotopic (exact) mass is 430 g/mol. The van der Waals surface area contributed by atoms with Gasteiger partial charge in [0, 0.05) is 16.1 Å². The van der Waals surface area contributed by atoms with Crippen molar-refractivity contribution in [2.45, 2.75) is 12.1 Å². The number of para-hydroxylation sites is 1. The molecule has 0 saturated carbocycles. The van der Waals surface area contributed by atoms with Crippen molar-refractivity contribution in [3.8, 4) is 5.75 Å². The molecule has 0 radical (unpaired) electrons. The standard InChI is InChI=1S/C19H15BrN2O5/c20-9-4-3-5-10(8-9)22-17(24)13-14(18(22)25)16(19(26)27)21-15(13)11-6-1-2-7-12(11)23/h1-8,13-16,21,23H,(H,26,27)/t13-,14+,15+,16-/m1/s1. The Balaban J connectivity index is 1.80. The molecule has 0 unspecified atom stereocenters. The van der Waals surface area contributed by atoms with Crippen LogP contribution in [0, 0.1) is 11.8 Å². The number of carboxylic acids is 1. The number of carboxylic acid groups (broad SMARTS) is 1. The van der Waals surface area contributed by atoms with E-state index in [0.29, 0.717) is 15.7 Å². The minimum Gasteiger partial charge on any atom is -0.508 e. The number of hydrogen-bond acceptors (Lipinski definition) is 5. The second kappa shape index (κ2) is 6.47. The molecule has 2 heterocycles. The first-order chi connectivity index (χ1) is 12.9. The summed E-state index contributed by atoms with van der Waals surface area (Å²) in [7, 11) is 0. The van der Waals surface area contributed by atoms with Crippen molar-refractivity contribution in [3.05, 3.63) is 58.6 Å².